The Labute approximate surface area is 90.7 Å². The van der Waals surface area contributed by atoms with Gasteiger partial charge in [-0.15, -0.1) is 0 Å². The van der Waals surface area contributed by atoms with Crippen molar-refractivity contribution < 1.29 is 4.39 Å². The highest BCUT2D eigenvalue weighted by molar-refractivity contribution is 5.77. The maximum atomic E-state index is 11.8. The fourth-order valence-corrected chi connectivity index (χ4v) is 1.95. The summed E-state index contributed by atoms with van der Waals surface area (Å²) in [5, 5.41) is 2.72. The third-order valence-corrected chi connectivity index (χ3v) is 2.78. The van der Waals surface area contributed by atoms with Gasteiger partial charge in [0.15, 0.2) is 5.96 Å². The van der Waals surface area contributed by atoms with Gasteiger partial charge in [-0.05, 0) is 25.9 Å². The first kappa shape index (κ1) is 12.2. The summed E-state index contributed by atoms with van der Waals surface area (Å²) >= 11 is 0. The van der Waals surface area contributed by atoms with Gasteiger partial charge < -0.3 is 11.1 Å². The number of hydrogen-bond acceptors (Lipinski definition) is 2. The van der Waals surface area contributed by atoms with Crippen LogP contribution in [0.15, 0.2) is 4.99 Å². The first-order valence-corrected chi connectivity index (χ1v) is 5.61. The van der Waals surface area contributed by atoms with Crippen molar-refractivity contribution in [3.8, 4) is 0 Å². The van der Waals surface area contributed by atoms with Crippen LogP contribution in [-0.4, -0.2) is 49.8 Å². The SMILES string of the molecule is CCN1CCCC1CN=C(N)NCCF. The normalized spacial score (nSPS) is 23.3. The van der Waals surface area contributed by atoms with E-state index in [0.717, 1.165) is 19.6 Å². The Kier molecular flexibility index (Phi) is 5.39. The first-order valence-electron chi connectivity index (χ1n) is 5.61. The number of rotatable bonds is 5. The van der Waals surface area contributed by atoms with Crippen LogP contribution in [0.2, 0.25) is 0 Å². The molecule has 1 saturated heterocycles. The lowest BCUT2D eigenvalue weighted by Crippen LogP contribution is -2.36. The molecule has 0 aromatic rings. The van der Waals surface area contributed by atoms with Crippen molar-refractivity contribution in [2.24, 2.45) is 10.7 Å². The van der Waals surface area contributed by atoms with Crippen LogP contribution < -0.4 is 11.1 Å². The third kappa shape index (κ3) is 4.03. The summed E-state index contributed by atoms with van der Waals surface area (Å²) in [6, 6.07) is 0.515. The van der Waals surface area contributed by atoms with Gasteiger partial charge in [-0.25, -0.2) is 4.39 Å². The summed E-state index contributed by atoms with van der Waals surface area (Å²) in [5.41, 5.74) is 5.58. The number of hydrogen-bond donors (Lipinski definition) is 2. The van der Waals surface area contributed by atoms with Crippen LogP contribution in [-0.2, 0) is 0 Å². The highest BCUT2D eigenvalue weighted by Gasteiger charge is 2.22. The van der Waals surface area contributed by atoms with Crippen LogP contribution in [0.3, 0.4) is 0 Å². The average Bonchev–Trinajstić information content (AvgIpc) is 2.70. The molecule has 15 heavy (non-hydrogen) atoms. The van der Waals surface area contributed by atoms with Gasteiger partial charge in [-0.2, -0.15) is 0 Å². The van der Waals surface area contributed by atoms with E-state index in [-0.39, 0.29) is 6.54 Å². The third-order valence-electron chi connectivity index (χ3n) is 2.78. The average molecular weight is 216 g/mol. The zero-order valence-corrected chi connectivity index (χ0v) is 9.38. The van der Waals surface area contributed by atoms with Gasteiger partial charge in [0, 0.05) is 12.6 Å². The second-order valence-electron chi connectivity index (χ2n) is 3.77. The van der Waals surface area contributed by atoms with Crippen LogP contribution >= 0.6 is 0 Å². The summed E-state index contributed by atoms with van der Waals surface area (Å²) in [4.78, 5) is 6.63. The van der Waals surface area contributed by atoms with Crippen molar-refractivity contribution in [1.29, 1.82) is 0 Å². The van der Waals surface area contributed by atoms with E-state index in [2.05, 4.69) is 22.1 Å². The number of nitrogens with two attached hydrogens (primary N) is 1. The number of guanidine groups is 1. The molecule has 0 amide bonds. The molecule has 5 heteroatoms. The Morgan fingerprint density at radius 3 is 3.13 bits per heavy atom. The maximum absolute atomic E-state index is 11.8. The summed E-state index contributed by atoms with van der Waals surface area (Å²) in [6.45, 7) is 4.94. The predicted octanol–water partition coefficient (Wildman–Crippen LogP) is 0.345. The standard InChI is InChI=1S/C10H21FN4/c1-2-15-7-3-4-9(15)8-14-10(12)13-6-5-11/h9H,2-8H2,1H3,(H3,12,13,14). The van der Waals surface area contributed by atoms with Crippen LogP contribution in [0.4, 0.5) is 4.39 Å². The van der Waals surface area contributed by atoms with E-state index >= 15 is 0 Å². The number of likely N-dealkylation sites (N-methyl/N-ethyl adjacent to an activating group) is 1. The van der Waals surface area contributed by atoms with Crippen molar-refractivity contribution in [3.05, 3.63) is 0 Å². The molecule has 1 unspecified atom stereocenters. The molecule has 1 rings (SSSR count). The summed E-state index contributed by atoms with van der Waals surface area (Å²) in [6.07, 6.45) is 2.43. The number of likely N-dealkylation sites (tertiary alicyclic amines) is 1. The van der Waals surface area contributed by atoms with Gasteiger partial charge in [0.2, 0.25) is 0 Å². The molecule has 1 fully saturated rings. The molecule has 1 heterocycles. The molecule has 0 aromatic heterocycles. The Morgan fingerprint density at radius 1 is 1.67 bits per heavy atom. The van der Waals surface area contributed by atoms with Gasteiger partial charge in [0.1, 0.15) is 6.67 Å². The Morgan fingerprint density at radius 2 is 2.47 bits per heavy atom. The van der Waals surface area contributed by atoms with Crippen molar-refractivity contribution in [2.45, 2.75) is 25.8 Å². The monoisotopic (exact) mass is 216 g/mol. The minimum atomic E-state index is -0.416. The summed E-state index contributed by atoms with van der Waals surface area (Å²) < 4.78 is 11.8. The highest BCUT2D eigenvalue weighted by atomic mass is 19.1. The van der Waals surface area contributed by atoms with Crippen molar-refractivity contribution in [3.63, 3.8) is 0 Å². The molecule has 0 bridgehead atoms. The largest absolute Gasteiger partial charge is 0.370 e. The number of alkyl halides is 1. The van der Waals surface area contributed by atoms with Gasteiger partial charge in [0.05, 0.1) is 6.54 Å². The molecule has 0 radical (unpaired) electrons. The highest BCUT2D eigenvalue weighted by Crippen LogP contribution is 2.16. The van der Waals surface area contributed by atoms with E-state index < -0.39 is 6.67 Å². The van der Waals surface area contributed by atoms with Gasteiger partial charge in [-0.1, -0.05) is 6.92 Å². The van der Waals surface area contributed by atoms with Crippen molar-refractivity contribution in [2.75, 3.05) is 32.9 Å². The zero-order valence-electron chi connectivity index (χ0n) is 9.38. The van der Waals surface area contributed by atoms with Crippen molar-refractivity contribution >= 4 is 5.96 Å². The topological polar surface area (TPSA) is 53.6 Å². The first-order chi connectivity index (χ1) is 7.27. The summed E-state index contributed by atoms with van der Waals surface area (Å²) in [5.74, 6) is 0.357. The second-order valence-corrected chi connectivity index (χ2v) is 3.77. The molecule has 0 spiro atoms. The van der Waals surface area contributed by atoms with E-state index in [1.807, 2.05) is 0 Å². The Balaban J connectivity index is 2.28. The molecule has 0 aliphatic carbocycles. The smallest absolute Gasteiger partial charge is 0.188 e. The van der Waals surface area contributed by atoms with E-state index in [9.17, 15) is 4.39 Å². The van der Waals surface area contributed by atoms with Gasteiger partial charge in [-0.3, -0.25) is 9.89 Å². The number of nitrogens with zero attached hydrogens (tertiary/aromatic N) is 2. The van der Waals surface area contributed by atoms with Gasteiger partial charge >= 0.3 is 0 Å². The molecule has 4 nitrogen and oxygen atoms in total. The molecular formula is C10H21FN4. The molecule has 88 valence electrons. The molecule has 0 saturated carbocycles. The predicted molar refractivity (Wildman–Crippen MR) is 60.7 cm³/mol. The van der Waals surface area contributed by atoms with Crippen LogP contribution in [0.5, 0.6) is 0 Å². The molecule has 1 aliphatic rings. The fourth-order valence-electron chi connectivity index (χ4n) is 1.95. The molecule has 1 atom stereocenters. The zero-order chi connectivity index (χ0) is 11.1. The van der Waals surface area contributed by atoms with Crippen LogP contribution in [0, 0.1) is 0 Å². The Bertz CT molecular complexity index is 208. The Hall–Kier alpha value is -0.840. The molecule has 1 aliphatic heterocycles. The quantitative estimate of drug-likeness (QED) is 0.515. The van der Waals surface area contributed by atoms with E-state index in [0.29, 0.717) is 12.0 Å². The van der Waals surface area contributed by atoms with Crippen LogP contribution in [0.25, 0.3) is 0 Å². The molecule has 0 aromatic carbocycles. The maximum Gasteiger partial charge on any atom is 0.188 e. The van der Waals surface area contributed by atoms with E-state index in [1.165, 1.54) is 12.8 Å². The van der Waals surface area contributed by atoms with Crippen LogP contribution in [0.1, 0.15) is 19.8 Å². The second kappa shape index (κ2) is 6.61. The number of nitrogens with one attached hydrogen (secondary N) is 1. The minimum Gasteiger partial charge on any atom is -0.370 e. The van der Waals surface area contributed by atoms with E-state index in [1.54, 1.807) is 0 Å². The van der Waals surface area contributed by atoms with E-state index in [4.69, 9.17) is 5.73 Å². The van der Waals surface area contributed by atoms with Gasteiger partial charge in [0.25, 0.3) is 0 Å². The molecular weight excluding hydrogens is 195 g/mol. The number of aliphatic imine (C=N–C) groups is 1. The fraction of sp³-hybridized carbons (Fsp3) is 0.900. The minimum absolute atomic E-state index is 0.248. The summed E-state index contributed by atoms with van der Waals surface area (Å²) in [7, 11) is 0. The lowest BCUT2D eigenvalue weighted by molar-refractivity contribution is 0.273. The molecule has 3 N–H and O–H groups in total. The lowest BCUT2D eigenvalue weighted by atomic mass is 10.2. The lowest BCUT2D eigenvalue weighted by Gasteiger charge is -2.20. The van der Waals surface area contributed by atoms with Crippen molar-refractivity contribution in [1.82, 2.24) is 10.2 Å². The number of halogens is 1.